The summed E-state index contributed by atoms with van der Waals surface area (Å²) in [7, 11) is 3.56. The molecule has 0 aliphatic carbocycles. The van der Waals surface area contributed by atoms with Crippen molar-refractivity contribution in [2.75, 3.05) is 20.1 Å². The minimum absolute atomic E-state index is 0.0406. The van der Waals surface area contributed by atoms with Gasteiger partial charge in [-0.05, 0) is 7.05 Å². The fraction of sp³-hybridized carbons (Fsp3) is 0.385. The minimum Gasteiger partial charge on any atom is -0.485 e. The van der Waals surface area contributed by atoms with Gasteiger partial charge in [-0.2, -0.15) is 5.10 Å². The number of halogens is 2. The molecule has 5 nitrogen and oxygen atoms in total. The van der Waals surface area contributed by atoms with Gasteiger partial charge >= 0.3 is 0 Å². The zero-order valence-corrected chi connectivity index (χ0v) is 11.2. The summed E-state index contributed by atoms with van der Waals surface area (Å²) in [5.41, 5.74) is 0.507. The molecular formula is C13H14F2N4O. The Kier molecular flexibility index (Phi) is 3.13. The third kappa shape index (κ3) is 2.24. The molecule has 1 aliphatic heterocycles. The van der Waals surface area contributed by atoms with Crippen molar-refractivity contribution in [2.24, 2.45) is 7.05 Å². The Morgan fingerprint density at radius 3 is 2.55 bits per heavy atom. The zero-order valence-electron chi connectivity index (χ0n) is 11.2. The van der Waals surface area contributed by atoms with Crippen LogP contribution in [0.3, 0.4) is 0 Å². The Balaban J connectivity index is 1.90. The molecule has 2 aromatic rings. The summed E-state index contributed by atoms with van der Waals surface area (Å²) in [6, 6.07) is 1.41. The highest BCUT2D eigenvalue weighted by atomic mass is 19.1. The lowest BCUT2D eigenvalue weighted by Gasteiger charge is -2.36. The summed E-state index contributed by atoms with van der Waals surface area (Å²) in [6.45, 7) is 1.49. The second kappa shape index (κ2) is 4.82. The van der Waals surface area contributed by atoms with Crippen LogP contribution >= 0.6 is 0 Å². The van der Waals surface area contributed by atoms with Crippen molar-refractivity contribution in [3.8, 4) is 17.1 Å². The zero-order chi connectivity index (χ0) is 14.3. The van der Waals surface area contributed by atoms with Gasteiger partial charge in [0, 0.05) is 26.2 Å². The minimum atomic E-state index is -0.550. The Morgan fingerprint density at radius 1 is 1.20 bits per heavy atom. The third-order valence-electron chi connectivity index (χ3n) is 3.28. The van der Waals surface area contributed by atoms with E-state index in [4.69, 9.17) is 4.74 Å². The Morgan fingerprint density at radius 2 is 1.95 bits per heavy atom. The smallest absolute Gasteiger partial charge is 0.183 e. The molecule has 3 rings (SSSR count). The first-order chi connectivity index (χ1) is 9.54. The number of ether oxygens (including phenoxy) is 1. The van der Waals surface area contributed by atoms with Crippen LogP contribution in [0.2, 0.25) is 0 Å². The van der Waals surface area contributed by atoms with E-state index in [2.05, 4.69) is 15.0 Å². The van der Waals surface area contributed by atoms with Crippen LogP contribution in [-0.2, 0) is 7.05 Å². The van der Waals surface area contributed by atoms with Crippen molar-refractivity contribution < 1.29 is 13.5 Å². The summed E-state index contributed by atoms with van der Waals surface area (Å²) in [4.78, 5) is 5.96. The molecule has 0 atom stereocenters. The standard InChI is InChI=1S/C13H14F2N4O/c1-18-6-8(7-18)20-12-3-11(16-4-9(12)14)13-10(15)5-17-19(13)2/h3-5,8H,6-7H2,1-2H3. The van der Waals surface area contributed by atoms with Crippen LogP contribution in [0, 0.1) is 11.6 Å². The Hall–Kier alpha value is -2.02. The van der Waals surface area contributed by atoms with E-state index in [0.29, 0.717) is 5.69 Å². The van der Waals surface area contributed by atoms with Gasteiger partial charge in [-0.3, -0.25) is 14.6 Å². The van der Waals surface area contributed by atoms with E-state index in [1.54, 1.807) is 7.05 Å². The number of likely N-dealkylation sites (tertiary alicyclic amines) is 1. The number of likely N-dealkylation sites (N-methyl/N-ethyl adjacent to an activating group) is 1. The summed E-state index contributed by atoms with van der Waals surface area (Å²) in [5.74, 6) is -0.958. The van der Waals surface area contributed by atoms with Crippen LogP contribution < -0.4 is 4.74 Å². The van der Waals surface area contributed by atoms with Crippen molar-refractivity contribution in [1.29, 1.82) is 0 Å². The Bertz CT molecular complexity index is 618. The molecule has 3 heterocycles. The lowest BCUT2D eigenvalue weighted by molar-refractivity contribution is 0.0360. The van der Waals surface area contributed by atoms with Crippen LogP contribution in [0.25, 0.3) is 11.4 Å². The number of hydrogen-bond acceptors (Lipinski definition) is 4. The van der Waals surface area contributed by atoms with E-state index in [1.165, 1.54) is 10.7 Å². The predicted octanol–water partition coefficient (Wildman–Crippen LogP) is 1.45. The highest BCUT2D eigenvalue weighted by molar-refractivity contribution is 5.57. The first kappa shape index (κ1) is 13.0. The average molecular weight is 280 g/mol. The summed E-state index contributed by atoms with van der Waals surface area (Å²) in [6.07, 6.45) is 2.10. The van der Waals surface area contributed by atoms with E-state index < -0.39 is 11.6 Å². The lowest BCUT2D eigenvalue weighted by Crippen LogP contribution is -2.51. The molecule has 1 aliphatic rings. The van der Waals surface area contributed by atoms with Gasteiger partial charge in [-0.25, -0.2) is 8.78 Å². The van der Waals surface area contributed by atoms with Crippen LogP contribution in [0.4, 0.5) is 8.78 Å². The van der Waals surface area contributed by atoms with Gasteiger partial charge in [0.1, 0.15) is 11.8 Å². The first-order valence-electron chi connectivity index (χ1n) is 6.23. The molecule has 20 heavy (non-hydrogen) atoms. The molecule has 0 bridgehead atoms. The van der Waals surface area contributed by atoms with E-state index in [0.717, 1.165) is 25.5 Å². The second-order valence-electron chi connectivity index (χ2n) is 4.93. The highest BCUT2D eigenvalue weighted by Gasteiger charge is 2.26. The molecule has 0 unspecified atom stereocenters. The number of aromatic nitrogens is 3. The lowest BCUT2D eigenvalue weighted by atomic mass is 10.2. The molecule has 0 aromatic carbocycles. The molecule has 0 amide bonds. The SMILES string of the molecule is CN1CC(Oc2cc(-c3c(F)cnn3C)ncc2F)C1. The van der Waals surface area contributed by atoms with E-state index in [9.17, 15) is 8.78 Å². The van der Waals surface area contributed by atoms with Crippen molar-refractivity contribution in [3.05, 3.63) is 30.1 Å². The Labute approximate surface area is 114 Å². The van der Waals surface area contributed by atoms with E-state index in [-0.39, 0.29) is 17.5 Å². The number of hydrogen-bond donors (Lipinski definition) is 0. The van der Waals surface area contributed by atoms with Gasteiger partial charge in [-0.1, -0.05) is 0 Å². The molecule has 7 heteroatoms. The molecule has 0 N–H and O–H groups in total. The van der Waals surface area contributed by atoms with Crippen LogP contribution in [0.5, 0.6) is 5.75 Å². The normalized spacial score (nSPS) is 16.2. The molecular weight excluding hydrogens is 266 g/mol. The maximum Gasteiger partial charge on any atom is 0.183 e. The quantitative estimate of drug-likeness (QED) is 0.853. The van der Waals surface area contributed by atoms with Crippen molar-refractivity contribution in [3.63, 3.8) is 0 Å². The van der Waals surface area contributed by atoms with Crippen LogP contribution in [-0.4, -0.2) is 45.9 Å². The summed E-state index contributed by atoms with van der Waals surface area (Å²) >= 11 is 0. The average Bonchev–Trinajstić information content (AvgIpc) is 2.70. The predicted molar refractivity (Wildman–Crippen MR) is 68.3 cm³/mol. The maximum absolute atomic E-state index is 13.7. The summed E-state index contributed by atoms with van der Waals surface area (Å²) < 4.78 is 34.3. The molecule has 1 fully saturated rings. The van der Waals surface area contributed by atoms with Gasteiger partial charge in [0.05, 0.1) is 18.1 Å². The van der Waals surface area contributed by atoms with Gasteiger partial charge in [-0.15, -0.1) is 0 Å². The number of rotatable bonds is 3. The van der Waals surface area contributed by atoms with Gasteiger partial charge < -0.3 is 4.74 Å². The van der Waals surface area contributed by atoms with Gasteiger partial charge in [0.25, 0.3) is 0 Å². The fourth-order valence-corrected chi connectivity index (χ4v) is 2.23. The topological polar surface area (TPSA) is 43.2 Å². The number of nitrogens with zero attached hydrogens (tertiary/aromatic N) is 4. The molecule has 2 aromatic heterocycles. The molecule has 0 radical (unpaired) electrons. The highest BCUT2D eigenvalue weighted by Crippen LogP contribution is 2.27. The third-order valence-corrected chi connectivity index (χ3v) is 3.28. The second-order valence-corrected chi connectivity index (χ2v) is 4.93. The van der Waals surface area contributed by atoms with Gasteiger partial charge in [0.15, 0.2) is 17.4 Å². The van der Waals surface area contributed by atoms with Crippen molar-refractivity contribution >= 4 is 0 Å². The largest absolute Gasteiger partial charge is 0.485 e. The van der Waals surface area contributed by atoms with E-state index >= 15 is 0 Å². The maximum atomic E-state index is 13.7. The fourth-order valence-electron chi connectivity index (χ4n) is 2.23. The van der Waals surface area contributed by atoms with Crippen LogP contribution in [0.15, 0.2) is 18.5 Å². The monoisotopic (exact) mass is 280 g/mol. The van der Waals surface area contributed by atoms with Crippen LogP contribution in [0.1, 0.15) is 0 Å². The molecule has 0 saturated carbocycles. The first-order valence-corrected chi connectivity index (χ1v) is 6.23. The van der Waals surface area contributed by atoms with E-state index in [1.807, 2.05) is 7.05 Å². The van der Waals surface area contributed by atoms with Crippen molar-refractivity contribution in [1.82, 2.24) is 19.7 Å². The number of aryl methyl sites for hydroxylation is 1. The summed E-state index contributed by atoms with van der Waals surface area (Å²) in [5, 5.41) is 3.80. The molecule has 1 saturated heterocycles. The van der Waals surface area contributed by atoms with Gasteiger partial charge in [0.2, 0.25) is 0 Å². The molecule has 106 valence electrons. The van der Waals surface area contributed by atoms with Crippen molar-refractivity contribution in [2.45, 2.75) is 6.10 Å². The number of pyridine rings is 1. The molecule has 0 spiro atoms.